The third-order valence-corrected chi connectivity index (χ3v) is 4.41. The Kier molecular flexibility index (Phi) is 6.19. The van der Waals surface area contributed by atoms with E-state index in [1.165, 1.54) is 0 Å². The van der Waals surface area contributed by atoms with E-state index in [2.05, 4.69) is 5.32 Å². The SMILES string of the molecule is COc1ccc(CNC(=O)c2cc(SC)ccc2Cl)c(OC)c1. The highest BCUT2D eigenvalue weighted by molar-refractivity contribution is 7.98. The summed E-state index contributed by atoms with van der Waals surface area (Å²) in [6.45, 7) is 0.339. The number of hydrogen-bond acceptors (Lipinski definition) is 4. The zero-order valence-corrected chi connectivity index (χ0v) is 14.8. The van der Waals surface area contributed by atoms with E-state index in [1.54, 1.807) is 44.2 Å². The Balaban J connectivity index is 2.13. The van der Waals surface area contributed by atoms with Crippen LogP contribution in [0.4, 0.5) is 0 Å². The van der Waals surface area contributed by atoms with Crippen LogP contribution < -0.4 is 14.8 Å². The molecule has 0 saturated carbocycles. The smallest absolute Gasteiger partial charge is 0.253 e. The number of rotatable bonds is 6. The van der Waals surface area contributed by atoms with Gasteiger partial charge in [0.1, 0.15) is 11.5 Å². The first-order valence-corrected chi connectivity index (χ1v) is 8.52. The molecule has 122 valence electrons. The maximum atomic E-state index is 12.4. The molecule has 0 aliphatic rings. The van der Waals surface area contributed by atoms with Crippen LogP contribution in [0.25, 0.3) is 0 Å². The number of carbonyl (C=O) groups excluding carboxylic acids is 1. The van der Waals surface area contributed by atoms with Crippen LogP contribution in [-0.4, -0.2) is 26.4 Å². The van der Waals surface area contributed by atoms with Gasteiger partial charge in [0.2, 0.25) is 0 Å². The van der Waals surface area contributed by atoms with E-state index in [1.807, 2.05) is 24.5 Å². The summed E-state index contributed by atoms with van der Waals surface area (Å²) in [5.74, 6) is 1.14. The Morgan fingerprint density at radius 2 is 1.96 bits per heavy atom. The molecular weight excluding hydrogens is 334 g/mol. The zero-order chi connectivity index (χ0) is 16.8. The molecule has 2 rings (SSSR count). The fourth-order valence-electron chi connectivity index (χ4n) is 2.07. The Hall–Kier alpha value is -1.85. The van der Waals surface area contributed by atoms with Crippen molar-refractivity contribution in [2.24, 2.45) is 0 Å². The largest absolute Gasteiger partial charge is 0.497 e. The molecule has 1 amide bonds. The molecule has 2 aromatic rings. The van der Waals surface area contributed by atoms with E-state index >= 15 is 0 Å². The van der Waals surface area contributed by atoms with Crippen LogP contribution in [0.2, 0.25) is 5.02 Å². The molecule has 0 saturated heterocycles. The number of carbonyl (C=O) groups is 1. The fourth-order valence-corrected chi connectivity index (χ4v) is 2.72. The van der Waals surface area contributed by atoms with Crippen LogP contribution in [0.5, 0.6) is 11.5 Å². The molecule has 0 bridgehead atoms. The third-order valence-electron chi connectivity index (χ3n) is 3.35. The Morgan fingerprint density at radius 3 is 2.61 bits per heavy atom. The van der Waals surface area contributed by atoms with Crippen molar-refractivity contribution in [2.45, 2.75) is 11.4 Å². The van der Waals surface area contributed by atoms with Crippen molar-refractivity contribution < 1.29 is 14.3 Å². The number of benzene rings is 2. The average Bonchev–Trinajstić information content (AvgIpc) is 2.59. The van der Waals surface area contributed by atoms with E-state index < -0.39 is 0 Å². The highest BCUT2D eigenvalue weighted by atomic mass is 35.5. The van der Waals surface area contributed by atoms with Gasteiger partial charge in [-0.3, -0.25) is 4.79 Å². The quantitative estimate of drug-likeness (QED) is 0.799. The molecule has 0 fully saturated rings. The number of halogens is 1. The summed E-state index contributed by atoms with van der Waals surface area (Å²) in [6.07, 6.45) is 1.95. The highest BCUT2D eigenvalue weighted by Gasteiger charge is 2.12. The average molecular weight is 352 g/mol. The molecule has 0 aliphatic carbocycles. The molecule has 2 aromatic carbocycles. The Bertz CT molecular complexity index is 706. The first-order valence-electron chi connectivity index (χ1n) is 6.91. The van der Waals surface area contributed by atoms with Crippen LogP contribution in [0, 0.1) is 0 Å². The van der Waals surface area contributed by atoms with Crippen molar-refractivity contribution in [3.05, 3.63) is 52.5 Å². The van der Waals surface area contributed by atoms with Gasteiger partial charge in [0.25, 0.3) is 5.91 Å². The number of amides is 1. The minimum absolute atomic E-state index is 0.219. The molecule has 0 spiro atoms. The van der Waals surface area contributed by atoms with E-state index in [9.17, 15) is 4.79 Å². The van der Waals surface area contributed by atoms with Gasteiger partial charge in [-0.1, -0.05) is 11.6 Å². The van der Waals surface area contributed by atoms with Gasteiger partial charge in [-0.15, -0.1) is 11.8 Å². The lowest BCUT2D eigenvalue weighted by Crippen LogP contribution is -2.23. The predicted molar refractivity (Wildman–Crippen MR) is 93.9 cm³/mol. The molecule has 0 heterocycles. The standard InChI is InChI=1S/C17H18ClNO3S/c1-21-12-5-4-11(16(8-12)22-2)10-19-17(20)14-9-13(23-3)6-7-15(14)18/h4-9H,10H2,1-3H3,(H,19,20). The van der Waals surface area contributed by atoms with E-state index in [0.717, 1.165) is 10.5 Å². The van der Waals surface area contributed by atoms with Gasteiger partial charge in [-0.2, -0.15) is 0 Å². The second-order valence-corrected chi connectivity index (χ2v) is 5.99. The van der Waals surface area contributed by atoms with Crippen molar-refractivity contribution in [3.8, 4) is 11.5 Å². The second kappa shape index (κ2) is 8.13. The molecule has 0 aromatic heterocycles. The van der Waals surface area contributed by atoms with Gasteiger partial charge in [0.05, 0.1) is 24.8 Å². The highest BCUT2D eigenvalue weighted by Crippen LogP contribution is 2.25. The molecule has 0 atom stereocenters. The van der Waals surface area contributed by atoms with Crippen LogP contribution in [0.1, 0.15) is 15.9 Å². The minimum atomic E-state index is -0.219. The Morgan fingerprint density at radius 1 is 1.17 bits per heavy atom. The molecular formula is C17H18ClNO3S. The maximum Gasteiger partial charge on any atom is 0.253 e. The van der Waals surface area contributed by atoms with Gasteiger partial charge in [0.15, 0.2) is 0 Å². The summed E-state index contributed by atoms with van der Waals surface area (Å²) < 4.78 is 10.5. The number of thioether (sulfide) groups is 1. The summed E-state index contributed by atoms with van der Waals surface area (Å²) in [5, 5.41) is 3.30. The summed E-state index contributed by atoms with van der Waals surface area (Å²) in [4.78, 5) is 13.3. The monoisotopic (exact) mass is 351 g/mol. The van der Waals surface area contributed by atoms with Gasteiger partial charge >= 0.3 is 0 Å². The van der Waals surface area contributed by atoms with E-state index in [-0.39, 0.29) is 5.91 Å². The normalized spacial score (nSPS) is 10.3. The van der Waals surface area contributed by atoms with Gasteiger partial charge in [0, 0.05) is 23.1 Å². The number of ether oxygens (including phenoxy) is 2. The third kappa shape index (κ3) is 4.33. The first kappa shape index (κ1) is 17.5. The fraction of sp³-hybridized carbons (Fsp3) is 0.235. The molecule has 0 radical (unpaired) electrons. The van der Waals surface area contributed by atoms with Crippen molar-refractivity contribution >= 4 is 29.3 Å². The molecule has 1 N–H and O–H groups in total. The maximum absolute atomic E-state index is 12.4. The minimum Gasteiger partial charge on any atom is -0.497 e. The molecule has 23 heavy (non-hydrogen) atoms. The van der Waals surface area contributed by atoms with Gasteiger partial charge < -0.3 is 14.8 Å². The number of hydrogen-bond donors (Lipinski definition) is 1. The summed E-state index contributed by atoms with van der Waals surface area (Å²) >= 11 is 7.68. The van der Waals surface area contributed by atoms with E-state index in [4.69, 9.17) is 21.1 Å². The number of nitrogens with one attached hydrogen (secondary N) is 1. The van der Waals surface area contributed by atoms with Crippen molar-refractivity contribution in [3.63, 3.8) is 0 Å². The van der Waals surface area contributed by atoms with Crippen LogP contribution >= 0.6 is 23.4 Å². The molecule has 6 heteroatoms. The molecule has 0 aliphatic heterocycles. The lowest BCUT2D eigenvalue weighted by atomic mass is 10.1. The van der Waals surface area contributed by atoms with Crippen LogP contribution in [0.3, 0.4) is 0 Å². The topological polar surface area (TPSA) is 47.6 Å². The second-order valence-electron chi connectivity index (χ2n) is 4.71. The summed E-state index contributed by atoms with van der Waals surface area (Å²) in [5.41, 5.74) is 1.32. The molecule has 0 unspecified atom stereocenters. The van der Waals surface area contributed by atoms with Crippen molar-refractivity contribution in [2.75, 3.05) is 20.5 Å². The summed E-state index contributed by atoms with van der Waals surface area (Å²) in [7, 11) is 3.18. The van der Waals surface area contributed by atoms with Crippen LogP contribution in [-0.2, 0) is 6.54 Å². The zero-order valence-electron chi connectivity index (χ0n) is 13.2. The van der Waals surface area contributed by atoms with E-state index in [0.29, 0.717) is 28.6 Å². The van der Waals surface area contributed by atoms with Gasteiger partial charge in [-0.05, 0) is 36.6 Å². The molecule has 4 nitrogen and oxygen atoms in total. The lowest BCUT2D eigenvalue weighted by molar-refractivity contribution is 0.0950. The summed E-state index contributed by atoms with van der Waals surface area (Å²) in [6, 6.07) is 10.9. The van der Waals surface area contributed by atoms with Crippen molar-refractivity contribution in [1.29, 1.82) is 0 Å². The first-order chi connectivity index (χ1) is 11.1. The van der Waals surface area contributed by atoms with Crippen molar-refractivity contribution in [1.82, 2.24) is 5.32 Å². The van der Waals surface area contributed by atoms with Gasteiger partial charge in [-0.25, -0.2) is 0 Å². The predicted octanol–water partition coefficient (Wildman–Crippen LogP) is 4.01. The Labute approximate surface area is 145 Å². The number of methoxy groups -OCH3 is 2. The van der Waals surface area contributed by atoms with Crippen LogP contribution in [0.15, 0.2) is 41.3 Å². The lowest BCUT2D eigenvalue weighted by Gasteiger charge is -2.12.